The van der Waals surface area contributed by atoms with Crippen LogP contribution in [0, 0.1) is 0 Å². The smallest absolute Gasteiger partial charge is 0.104 e. The summed E-state index contributed by atoms with van der Waals surface area (Å²) in [5.74, 6) is 0. The lowest BCUT2D eigenvalue weighted by atomic mass is 9.91. The molecule has 0 saturated heterocycles. The predicted octanol–water partition coefficient (Wildman–Crippen LogP) is 7.09. The maximum Gasteiger partial charge on any atom is 0.104 e. The van der Waals surface area contributed by atoms with Gasteiger partial charge in [-0.15, -0.1) is 11.3 Å². The molecule has 0 fully saturated rings. The Morgan fingerprint density at radius 2 is 1.11 bits per heavy atom. The normalized spacial score (nSPS) is 13.6. The van der Waals surface area contributed by atoms with E-state index in [2.05, 4.69) is 77.9 Å². The molecule has 27 heavy (non-hydrogen) atoms. The van der Waals surface area contributed by atoms with E-state index < -0.39 is 0 Å². The lowest BCUT2D eigenvalue weighted by Crippen LogP contribution is -2.10. The van der Waals surface area contributed by atoms with E-state index in [1.807, 2.05) is 11.3 Å². The van der Waals surface area contributed by atoms with Crippen molar-refractivity contribution >= 4 is 33.1 Å². The van der Waals surface area contributed by atoms with Gasteiger partial charge in [-0.1, -0.05) is 77.9 Å². The highest BCUT2D eigenvalue weighted by molar-refractivity contribution is 7.14. The SMILES string of the molecule is CC(C)(C)c1sc(C(C)(C)C)c2nc3c(nc12)-c1cccc2cccc-3c12. The second kappa shape index (κ2) is 5.17. The van der Waals surface area contributed by atoms with Crippen LogP contribution >= 0.6 is 11.3 Å². The first kappa shape index (κ1) is 16.9. The maximum absolute atomic E-state index is 5.24. The van der Waals surface area contributed by atoms with Crippen molar-refractivity contribution in [2.45, 2.75) is 52.4 Å². The Hall–Kier alpha value is -2.26. The quantitative estimate of drug-likeness (QED) is 0.290. The van der Waals surface area contributed by atoms with Crippen LogP contribution in [0.4, 0.5) is 0 Å². The Balaban J connectivity index is 1.94. The van der Waals surface area contributed by atoms with Crippen LogP contribution in [0.5, 0.6) is 0 Å². The van der Waals surface area contributed by atoms with Crippen LogP contribution in [0.3, 0.4) is 0 Å². The van der Waals surface area contributed by atoms with E-state index in [-0.39, 0.29) is 10.8 Å². The highest BCUT2D eigenvalue weighted by Gasteiger charge is 2.32. The Morgan fingerprint density at radius 3 is 1.52 bits per heavy atom. The number of hydrogen-bond acceptors (Lipinski definition) is 3. The lowest BCUT2D eigenvalue weighted by molar-refractivity contribution is 0.604. The van der Waals surface area contributed by atoms with Gasteiger partial charge in [0.1, 0.15) is 11.0 Å². The highest BCUT2D eigenvalue weighted by atomic mass is 32.1. The zero-order valence-corrected chi connectivity index (χ0v) is 17.6. The van der Waals surface area contributed by atoms with E-state index in [1.165, 1.54) is 31.7 Å². The van der Waals surface area contributed by atoms with Gasteiger partial charge in [0.05, 0.1) is 11.4 Å². The molecule has 2 heterocycles. The zero-order chi connectivity index (χ0) is 19.1. The molecule has 0 spiro atoms. The minimum atomic E-state index is 0.0484. The summed E-state index contributed by atoms with van der Waals surface area (Å²) < 4.78 is 0. The van der Waals surface area contributed by atoms with Crippen LogP contribution in [0.2, 0.25) is 0 Å². The maximum atomic E-state index is 5.24. The van der Waals surface area contributed by atoms with Crippen LogP contribution in [-0.4, -0.2) is 9.97 Å². The van der Waals surface area contributed by atoms with Gasteiger partial charge in [-0.3, -0.25) is 0 Å². The van der Waals surface area contributed by atoms with Crippen molar-refractivity contribution in [1.29, 1.82) is 0 Å². The topological polar surface area (TPSA) is 25.8 Å². The molecule has 136 valence electrons. The summed E-state index contributed by atoms with van der Waals surface area (Å²) in [7, 11) is 0. The molecule has 0 radical (unpaired) electrons. The van der Waals surface area contributed by atoms with Crippen molar-refractivity contribution in [3.05, 3.63) is 46.2 Å². The third-order valence-electron chi connectivity index (χ3n) is 5.31. The monoisotopic (exact) mass is 372 g/mol. The number of benzene rings is 2. The molecular formula is C24H24N2S. The summed E-state index contributed by atoms with van der Waals surface area (Å²) in [5, 5.41) is 2.56. The highest BCUT2D eigenvalue weighted by Crippen LogP contribution is 2.49. The third kappa shape index (κ3) is 2.31. The first-order valence-corrected chi connectivity index (χ1v) is 10.4. The van der Waals surface area contributed by atoms with Gasteiger partial charge in [0.15, 0.2) is 0 Å². The van der Waals surface area contributed by atoms with Gasteiger partial charge in [-0.2, -0.15) is 0 Å². The lowest BCUT2D eigenvalue weighted by Gasteiger charge is -2.18. The second-order valence-electron chi connectivity index (χ2n) is 9.59. The van der Waals surface area contributed by atoms with Crippen LogP contribution < -0.4 is 0 Å². The molecule has 0 N–H and O–H groups in total. The average Bonchev–Trinajstić information content (AvgIpc) is 3.11. The minimum absolute atomic E-state index is 0.0484. The first-order valence-electron chi connectivity index (χ1n) is 9.54. The van der Waals surface area contributed by atoms with Crippen molar-refractivity contribution in [2.24, 2.45) is 0 Å². The van der Waals surface area contributed by atoms with Crippen LogP contribution in [0.25, 0.3) is 44.3 Å². The standard InChI is InChI=1S/C24H24N2S/c1-23(2,3)21-19-20(22(27-21)24(4,5)6)26-18-15-12-8-10-13-9-7-11-14(16(13)15)17(18)25-19/h7-12H,1-6H3. The number of aromatic nitrogens is 2. The van der Waals surface area contributed by atoms with E-state index in [0.29, 0.717) is 0 Å². The summed E-state index contributed by atoms with van der Waals surface area (Å²) >= 11 is 1.89. The molecule has 1 aliphatic carbocycles. The van der Waals surface area contributed by atoms with Gasteiger partial charge >= 0.3 is 0 Å². The molecule has 0 unspecified atom stereocenters. The minimum Gasteiger partial charge on any atom is -0.243 e. The molecule has 2 aromatic carbocycles. The van der Waals surface area contributed by atoms with Gasteiger partial charge in [0.25, 0.3) is 0 Å². The number of rotatable bonds is 0. The average molecular weight is 373 g/mol. The van der Waals surface area contributed by atoms with Crippen molar-refractivity contribution in [3.63, 3.8) is 0 Å². The summed E-state index contributed by atoms with van der Waals surface area (Å²) in [5.41, 5.74) is 6.78. The van der Waals surface area contributed by atoms with Gasteiger partial charge in [-0.05, 0) is 16.2 Å². The second-order valence-corrected chi connectivity index (χ2v) is 10.6. The number of fused-ring (bicyclic) bond motifs is 4. The molecule has 4 aromatic rings. The van der Waals surface area contributed by atoms with Crippen molar-refractivity contribution in [3.8, 4) is 22.5 Å². The summed E-state index contributed by atoms with van der Waals surface area (Å²) in [6.07, 6.45) is 0. The van der Waals surface area contributed by atoms with E-state index in [4.69, 9.17) is 9.97 Å². The molecule has 0 saturated carbocycles. The first-order chi connectivity index (χ1) is 12.7. The summed E-state index contributed by atoms with van der Waals surface area (Å²) in [4.78, 5) is 13.2. The van der Waals surface area contributed by atoms with E-state index in [0.717, 1.165) is 22.4 Å². The Morgan fingerprint density at radius 1 is 0.667 bits per heavy atom. The fourth-order valence-corrected chi connectivity index (χ4v) is 5.37. The van der Waals surface area contributed by atoms with Crippen LogP contribution in [0.1, 0.15) is 51.3 Å². The van der Waals surface area contributed by atoms with Gasteiger partial charge < -0.3 is 0 Å². The van der Waals surface area contributed by atoms with Crippen molar-refractivity contribution < 1.29 is 0 Å². The van der Waals surface area contributed by atoms with Crippen molar-refractivity contribution in [1.82, 2.24) is 9.97 Å². The van der Waals surface area contributed by atoms with Crippen LogP contribution in [0.15, 0.2) is 36.4 Å². The molecule has 0 amide bonds. The molecule has 5 rings (SSSR count). The Kier molecular flexibility index (Phi) is 3.23. The zero-order valence-electron chi connectivity index (χ0n) is 16.8. The Bertz CT molecular complexity index is 1140. The largest absolute Gasteiger partial charge is 0.243 e. The Labute approximate surface area is 164 Å². The summed E-state index contributed by atoms with van der Waals surface area (Å²) in [6.45, 7) is 13.6. The summed E-state index contributed by atoms with van der Waals surface area (Å²) in [6, 6.07) is 13.0. The molecule has 1 aliphatic rings. The fraction of sp³-hybridized carbons (Fsp3) is 0.333. The molecular weight excluding hydrogens is 348 g/mol. The molecule has 2 nitrogen and oxygen atoms in total. The molecule has 0 aliphatic heterocycles. The van der Waals surface area contributed by atoms with E-state index >= 15 is 0 Å². The van der Waals surface area contributed by atoms with E-state index in [9.17, 15) is 0 Å². The third-order valence-corrected chi connectivity index (χ3v) is 7.33. The molecule has 2 aromatic heterocycles. The number of hydrogen-bond donors (Lipinski definition) is 0. The van der Waals surface area contributed by atoms with Gasteiger partial charge in [0.2, 0.25) is 0 Å². The molecule has 0 bridgehead atoms. The fourth-order valence-electron chi connectivity index (χ4n) is 4.08. The van der Waals surface area contributed by atoms with Gasteiger partial charge in [-0.25, -0.2) is 9.97 Å². The molecule has 3 heteroatoms. The number of thiophene rings is 1. The van der Waals surface area contributed by atoms with Gasteiger partial charge in [0, 0.05) is 26.3 Å². The number of nitrogens with zero attached hydrogens (tertiary/aromatic N) is 2. The van der Waals surface area contributed by atoms with Crippen LogP contribution in [-0.2, 0) is 10.8 Å². The van der Waals surface area contributed by atoms with Crippen molar-refractivity contribution in [2.75, 3.05) is 0 Å². The van der Waals surface area contributed by atoms with E-state index in [1.54, 1.807) is 0 Å². The predicted molar refractivity (Wildman–Crippen MR) is 117 cm³/mol. The molecule has 0 atom stereocenters.